The highest BCUT2D eigenvalue weighted by Gasteiger charge is 2.48. The van der Waals surface area contributed by atoms with E-state index in [0.29, 0.717) is 0 Å². The fraction of sp³-hybridized carbons (Fsp3) is 1.00. The Balaban J connectivity index is 4.52. The monoisotopic (exact) mass is 220 g/mol. The summed E-state index contributed by atoms with van der Waals surface area (Å²) in [4.78, 5) is 0. The summed E-state index contributed by atoms with van der Waals surface area (Å²) in [6.45, 7) is 3.11. The van der Waals surface area contributed by atoms with Gasteiger partial charge in [0.05, 0.1) is 6.10 Å². The Morgan fingerprint density at radius 2 is 1.62 bits per heavy atom. The average Bonchev–Trinajstić information content (AvgIpc) is 1.98. The molecule has 80 valence electrons. The van der Waals surface area contributed by atoms with Gasteiger partial charge in [0, 0.05) is 0 Å². The molecule has 0 heterocycles. The van der Waals surface area contributed by atoms with E-state index in [1.165, 1.54) is 0 Å². The van der Waals surface area contributed by atoms with Gasteiger partial charge in [-0.3, -0.25) is 4.18 Å². The zero-order chi connectivity index (χ0) is 10.7. The van der Waals surface area contributed by atoms with Crippen molar-refractivity contribution in [2.75, 3.05) is 0 Å². The standard InChI is InChI=1S/C6H11F3O3S/c1-3-5(4-2)12-13(10,11)6(7,8)9/h5H,3-4H2,1-2H3. The first-order valence-corrected chi connectivity index (χ1v) is 5.15. The first-order chi connectivity index (χ1) is 5.74. The number of hydrogen-bond donors (Lipinski definition) is 0. The summed E-state index contributed by atoms with van der Waals surface area (Å²) in [7, 11) is -5.42. The van der Waals surface area contributed by atoms with Crippen LogP contribution in [0.25, 0.3) is 0 Å². The number of rotatable bonds is 4. The van der Waals surface area contributed by atoms with Crippen LogP contribution in [0.1, 0.15) is 26.7 Å². The molecule has 0 saturated carbocycles. The lowest BCUT2D eigenvalue weighted by atomic mass is 10.2. The van der Waals surface area contributed by atoms with Crippen LogP contribution in [0.2, 0.25) is 0 Å². The molecule has 0 bridgehead atoms. The Hall–Kier alpha value is -0.300. The van der Waals surface area contributed by atoms with Crippen LogP contribution in [-0.2, 0) is 14.3 Å². The highest BCUT2D eigenvalue weighted by molar-refractivity contribution is 7.87. The van der Waals surface area contributed by atoms with E-state index < -0.39 is 21.7 Å². The fourth-order valence-electron chi connectivity index (χ4n) is 0.658. The van der Waals surface area contributed by atoms with Gasteiger partial charge in [-0.05, 0) is 12.8 Å². The molecule has 0 aliphatic rings. The van der Waals surface area contributed by atoms with Gasteiger partial charge in [0.25, 0.3) is 0 Å². The molecule has 7 heteroatoms. The fourth-order valence-corrected chi connectivity index (χ4v) is 1.40. The van der Waals surface area contributed by atoms with Crippen LogP contribution in [0.5, 0.6) is 0 Å². The second-order valence-corrected chi connectivity index (χ2v) is 4.00. The van der Waals surface area contributed by atoms with E-state index in [9.17, 15) is 21.6 Å². The summed E-state index contributed by atoms with van der Waals surface area (Å²) < 4.78 is 60.1. The van der Waals surface area contributed by atoms with Crippen molar-refractivity contribution in [3.63, 3.8) is 0 Å². The molecule has 0 aliphatic carbocycles. The Kier molecular flexibility index (Phi) is 4.18. The minimum Gasteiger partial charge on any atom is -0.260 e. The van der Waals surface area contributed by atoms with E-state index in [0.717, 1.165) is 0 Å². The van der Waals surface area contributed by atoms with E-state index in [1.54, 1.807) is 13.8 Å². The molecule has 0 aromatic rings. The minimum atomic E-state index is -5.42. The zero-order valence-corrected chi connectivity index (χ0v) is 8.07. The zero-order valence-electron chi connectivity index (χ0n) is 7.26. The van der Waals surface area contributed by atoms with E-state index in [1.807, 2.05) is 0 Å². The molecule has 0 aromatic heterocycles. The second kappa shape index (κ2) is 4.28. The van der Waals surface area contributed by atoms with Gasteiger partial charge in [0.2, 0.25) is 0 Å². The molecular weight excluding hydrogens is 209 g/mol. The van der Waals surface area contributed by atoms with Crippen molar-refractivity contribution in [2.45, 2.75) is 38.3 Å². The molecule has 3 nitrogen and oxygen atoms in total. The van der Waals surface area contributed by atoms with Crippen molar-refractivity contribution in [3.8, 4) is 0 Å². The predicted octanol–water partition coefficient (Wildman–Crippen LogP) is 2.04. The molecule has 0 amide bonds. The molecule has 0 unspecified atom stereocenters. The van der Waals surface area contributed by atoms with Crippen molar-refractivity contribution < 1.29 is 25.8 Å². The quantitative estimate of drug-likeness (QED) is 0.538. The molecule has 0 aliphatic heterocycles. The minimum absolute atomic E-state index is 0.228. The van der Waals surface area contributed by atoms with Crippen molar-refractivity contribution in [3.05, 3.63) is 0 Å². The maximum Gasteiger partial charge on any atom is 0.523 e. The van der Waals surface area contributed by atoms with Gasteiger partial charge in [-0.15, -0.1) is 0 Å². The summed E-state index contributed by atoms with van der Waals surface area (Å²) in [6.07, 6.45) is -0.441. The SMILES string of the molecule is CCC(CC)OS(=O)(=O)C(F)(F)F. The number of alkyl halides is 3. The van der Waals surface area contributed by atoms with E-state index in [4.69, 9.17) is 0 Å². The van der Waals surface area contributed by atoms with Crippen LogP contribution in [0.4, 0.5) is 13.2 Å². The average molecular weight is 220 g/mol. The van der Waals surface area contributed by atoms with Gasteiger partial charge in [-0.25, -0.2) is 0 Å². The second-order valence-electron chi connectivity index (χ2n) is 2.43. The van der Waals surface area contributed by atoms with Crippen LogP contribution in [0.15, 0.2) is 0 Å². The highest BCUT2D eigenvalue weighted by Crippen LogP contribution is 2.26. The predicted molar refractivity (Wildman–Crippen MR) is 40.4 cm³/mol. The third-order valence-electron chi connectivity index (χ3n) is 1.46. The molecule has 0 spiro atoms. The van der Waals surface area contributed by atoms with Crippen LogP contribution in [0, 0.1) is 0 Å². The summed E-state index contributed by atoms with van der Waals surface area (Å²) in [6, 6.07) is 0. The molecule has 0 aromatic carbocycles. The van der Waals surface area contributed by atoms with Gasteiger partial charge in [-0.1, -0.05) is 13.8 Å². The van der Waals surface area contributed by atoms with E-state index >= 15 is 0 Å². The highest BCUT2D eigenvalue weighted by atomic mass is 32.2. The van der Waals surface area contributed by atoms with Crippen LogP contribution >= 0.6 is 0 Å². The normalized spacial score (nSPS) is 13.7. The maximum absolute atomic E-state index is 11.8. The maximum atomic E-state index is 11.8. The lowest BCUT2D eigenvalue weighted by Crippen LogP contribution is -2.29. The summed E-state index contributed by atoms with van der Waals surface area (Å²) in [5.74, 6) is 0. The Bertz CT molecular complexity index is 240. The number of hydrogen-bond acceptors (Lipinski definition) is 3. The summed E-state index contributed by atoms with van der Waals surface area (Å²) >= 11 is 0. The van der Waals surface area contributed by atoms with E-state index in [-0.39, 0.29) is 12.8 Å². The molecule has 0 N–H and O–H groups in total. The molecular formula is C6H11F3O3S. The van der Waals surface area contributed by atoms with Gasteiger partial charge in [-0.2, -0.15) is 21.6 Å². The van der Waals surface area contributed by atoms with Gasteiger partial charge in [0.1, 0.15) is 0 Å². The molecule has 0 atom stereocenters. The lowest BCUT2D eigenvalue weighted by molar-refractivity contribution is -0.0575. The van der Waals surface area contributed by atoms with Crippen molar-refractivity contribution >= 4 is 10.1 Å². The van der Waals surface area contributed by atoms with Crippen LogP contribution in [-0.4, -0.2) is 20.0 Å². The van der Waals surface area contributed by atoms with Crippen molar-refractivity contribution in [1.82, 2.24) is 0 Å². The van der Waals surface area contributed by atoms with Crippen LogP contribution < -0.4 is 0 Å². The Morgan fingerprint density at radius 1 is 1.23 bits per heavy atom. The molecule has 0 saturated heterocycles. The Morgan fingerprint density at radius 3 is 1.85 bits per heavy atom. The largest absolute Gasteiger partial charge is 0.523 e. The molecule has 0 fully saturated rings. The third-order valence-corrected chi connectivity index (χ3v) is 2.55. The topological polar surface area (TPSA) is 43.4 Å². The first kappa shape index (κ1) is 12.7. The smallest absolute Gasteiger partial charge is 0.260 e. The van der Waals surface area contributed by atoms with Crippen molar-refractivity contribution in [1.29, 1.82) is 0 Å². The van der Waals surface area contributed by atoms with Crippen LogP contribution in [0.3, 0.4) is 0 Å². The number of halogens is 3. The van der Waals surface area contributed by atoms with Gasteiger partial charge < -0.3 is 0 Å². The lowest BCUT2D eigenvalue weighted by Gasteiger charge is -2.14. The molecule has 13 heavy (non-hydrogen) atoms. The van der Waals surface area contributed by atoms with Crippen molar-refractivity contribution in [2.24, 2.45) is 0 Å². The van der Waals surface area contributed by atoms with Gasteiger partial charge >= 0.3 is 15.6 Å². The molecule has 0 radical (unpaired) electrons. The van der Waals surface area contributed by atoms with E-state index in [2.05, 4.69) is 4.18 Å². The Labute approximate surface area is 75.0 Å². The summed E-state index contributed by atoms with van der Waals surface area (Å²) in [5.41, 5.74) is -5.32. The third kappa shape index (κ3) is 3.51. The first-order valence-electron chi connectivity index (χ1n) is 3.74. The summed E-state index contributed by atoms with van der Waals surface area (Å²) in [5, 5.41) is 0. The van der Waals surface area contributed by atoms with Gasteiger partial charge in [0.15, 0.2) is 0 Å². The molecule has 0 rings (SSSR count).